The van der Waals surface area contributed by atoms with Crippen molar-refractivity contribution in [2.75, 3.05) is 20.6 Å². The van der Waals surface area contributed by atoms with Crippen molar-refractivity contribution in [1.82, 2.24) is 10.2 Å². The number of nitrogens with two attached hydrogens (primary N) is 2. The molecule has 0 aliphatic carbocycles. The number of hydrogen-bond donors (Lipinski definition) is 3. The van der Waals surface area contributed by atoms with E-state index in [1.54, 1.807) is 14.1 Å². The number of carbonyl (C=O) groups excluding carboxylic acids is 3. The van der Waals surface area contributed by atoms with Crippen molar-refractivity contribution in [2.24, 2.45) is 11.5 Å². The molecule has 7 nitrogen and oxygen atoms in total. The lowest BCUT2D eigenvalue weighted by atomic mass is 10.2. The van der Waals surface area contributed by atoms with Gasteiger partial charge in [-0.05, 0) is 0 Å². The van der Waals surface area contributed by atoms with Gasteiger partial charge in [-0.2, -0.15) is 0 Å². The summed E-state index contributed by atoms with van der Waals surface area (Å²) in [6, 6.07) is -0.952. The van der Waals surface area contributed by atoms with Crippen LogP contribution in [0.5, 0.6) is 0 Å². The number of primary amides is 1. The van der Waals surface area contributed by atoms with Gasteiger partial charge in [0.2, 0.25) is 17.7 Å². The van der Waals surface area contributed by atoms with Crippen LogP contribution in [0.15, 0.2) is 0 Å². The van der Waals surface area contributed by atoms with E-state index in [-0.39, 0.29) is 25.3 Å². The molecule has 1 unspecified atom stereocenters. The van der Waals surface area contributed by atoms with Gasteiger partial charge in [0.05, 0.1) is 12.5 Å². The van der Waals surface area contributed by atoms with E-state index in [1.807, 2.05) is 0 Å². The normalized spacial score (nSPS) is 11.7. The molecule has 0 aliphatic rings. The van der Waals surface area contributed by atoms with Gasteiger partial charge in [0.1, 0.15) is 0 Å². The third-order valence-corrected chi connectivity index (χ3v) is 1.89. The molecule has 16 heavy (non-hydrogen) atoms. The molecule has 0 aliphatic heterocycles. The Hall–Kier alpha value is -1.63. The molecule has 0 spiro atoms. The van der Waals surface area contributed by atoms with Gasteiger partial charge in [-0.1, -0.05) is 0 Å². The number of nitrogens with one attached hydrogen (secondary N) is 1. The van der Waals surface area contributed by atoms with Gasteiger partial charge in [-0.3, -0.25) is 14.4 Å². The minimum Gasteiger partial charge on any atom is -0.370 e. The first-order valence-corrected chi connectivity index (χ1v) is 4.86. The summed E-state index contributed by atoms with van der Waals surface area (Å²) in [5.41, 5.74) is 10.3. The van der Waals surface area contributed by atoms with E-state index in [1.165, 1.54) is 4.90 Å². The quantitative estimate of drug-likeness (QED) is 0.479. The van der Waals surface area contributed by atoms with Crippen LogP contribution in [0.2, 0.25) is 0 Å². The van der Waals surface area contributed by atoms with Gasteiger partial charge >= 0.3 is 0 Å². The molecule has 0 aromatic rings. The van der Waals surface area contributed by atoms with Gasteiger partial charge in [-0.15, -0.1) is 0 Å². The molecule has 0 heterocycles. The highest BCUT2D eigenvalue weighted by Gasteiger charge is 2.15. The predicted octanol–water partition coefficient (Wildman–Crippen LogP) is -2.22. The SMILES string of the molecule is CN(C)C(=O)CCNC(=O)C(N)CC(N)=O. The monoisotopic (exact) mass is 230 g/mol. The second kappa shape index (κ2) is 6.78. The van der Waals surface area contributed by atoms with Gasteiger partial charge in [-0.25, -0.2) is 0 Å². The van der Waals surface area contributed by atoms with Crippen LogP contribution in [0, 0.1) is 0 Å². The maximum Gasteiger partial charge on any atom is 0.237 e. The Morgan fingerprint density at radius 3 is 2.31 bits per heavy atom. The standard InChI is InChI=1S/C9H18N4O3/c1-13(2)8(15)3-4-12-9(16)6(10)5-7(11)14/h6H,3-5,10H2,1-2H3,(H2,11,14)(H,12,16). The maximum absolute atomic E-state index is 11.3. The van der Waals surface area contributed by atoms with Crippen molar-refractivity contribution in [2.45, 2.75) is 18.9 Å². The molecule has 1 atom stereocenters. The lowest BCUT2D eigenvalue weighted by molar-refractivity contribution is -0.129. The number of hydrogen-bond acceptors (Lipinski definition) is 4. The Balaban J connectivity index is 3.81. The molecule has 92 valence electrons. The predicted molar refractivity (Wildman–Crippen MR) is 58.1 cm³/mol. The van der Waals surface area contributed by atoms with Crippen LogP contribution in [-0.2, 0) is 14.4 Å². The highest BCUT2D eigenvalue weighted by molar-refractivity contribution is 5.87. The molecule has 0 saturated heterocycles. The van der Waals surface area contributed by atoms with Crippen LogP contribution in [0.3, 0.4) is 0 Å². The van der Waals surface area contributed by atoms with E-state index in [4.69, 9.17) is 11.5 Å². The van der Waals surface area contributed by atoms with E-state index in [9.17, 15) is 14.4 Å². The van der Waals surface area contributed by atoms with E-state index < -0.39 is 17.9 Å². The molecule has 0 fully saturated rings. The molecule has 7 heteroatoms. The zero-order valence-electron chi connectivity index (χ0n) is 9.53. The molecule has 0 rings (SSSR count). The molecule has 3 amide bonds. The number of amides is 3. The first-order chi connectivity index (χ1) is 7.34. The fourth-order valence-electron chi connectivity index (χ4n) is 0.957. The highest BCUT2D eigenvalue weighted by Crippen LogP contribution is 1.89. The number of carbonyl (C=O) groups is 3. The lowest BCUT2D eigenvalue weighted by Gasteiger charge is -2.12. The maximum atomic E-state index is 11.3. The summed E-state index contributed by atoms with van der Waals surface area (Å²) in [7, 11) is 3.26. The Bertz CT molecular complexity index is 278. The van der Waals surface area contributed by atoms with Gasteiger partial charge in [0, 0.05) is 27.1 Å². The first-order valence-electron chi connectivity index (χ1n) is 4.86. The van der Waals surface area contributed by atoms with Crippen LogP contribution in [0.4, 0.5) is 0 Å². The topological polar surface area (TPSA) is 119 Å². The second-order valence-corrected chi connectivity index (χ2v) is 3.61. The third-order valence-electron chi connectivity index (χ3n) is 1.89. The first kappa shape index (κ1) is 14.4. The van der Waals surface area contributed by atoms with Crippen LogP contribution in [0.1, 0.15) is 12.8 Å². The third kappa shape index (κ3) is 5.97. The molecule has 0 bridgehead atoms. The summed E-state index contributed by atoms with van der Waals surface area (Å²) >= 11 is 0. The van der Waals surface area contributed by atoms with E-state index in [0.717, 1.165) is 0 Å². The van der Waals surface area contributed by atoms with Gasteiger partial charge in [0.25, 0.3) is 0 Å². The minimum atomic E-state index is -0.952. The molecule has 0 saturated carbocycles. The zero-order valence-corrected chi connectivity index (χ0v) is 9.53. The van der Waals surface area contributed by atoms with Crippen molar-refractivity contribution in [3.05, 3.63) is 0 Å². The largest absolute Gasteiger partial charge is 0.370 e. The van der Waals surface area contributed by atoms with Gasteiger partial charge < -0.3 is 21.7 Å². The second-order valence-electron chi connectivity index (χ2n) is 3.61. The fourth-order valence-corrected chi connectivity index (χ4v) is 0.957. The Morgan fingerprint density at radius 2 is 1.88 bits per heavy atom. The van der Waals surface area contributed by atoms with E-state index in [0.29, 0.717) is 0 Å². The van der Waals surface area contributed by atoms with Crippen molar-refractivity contribution in [3.63, 3.8) is 0 Å². The molecule has 0 aromatic carbocycles. The minimum absolute atomic E-state index is 0.0937. The summed E-state index contributed by atoms with van der Waals surface area (Å²) in [5.74, 6) is -1.21. The fraction of sp³-hybridized carbons (Fsp3) is 0.667. The lowest BCUT2D eigenvalue weighted by Crippen LogP contribution is -2.43. The summed E-state index contributed by atoms with van der Waals surface area (Å²) < 4.78 is 0. The molecular formula is C9H18N4O3. The van der Waals surface area contributed by atoms with Crippen molar-refractivity contribution < 1.29 is 14.4 Å². The Labute approximate surface area is 94.1 Å². The van der Waals surface area contributed by atoms with Crippen LogP contribution >= 0.6 is 0 Å². The van der Waals surface area contributed by atoms with Gasteiger partial charge in [0.15, 0.2) is 0 Å². The molecular weight excluding hydrogens is 212 g/mol. The van der Waals surface area contributed by atoms with Crippen LogP contribution in [0.25, 0.3) is 0 Å². The van der Waals surface area contributed by atoms with Crippen LogP contribution < -0.4 is 16.8 Å². The Kier molecular flexibility index (Phi) is 6.09. The van der Waals surface area contributed by atoms with Crippen molar-refractivity contribution >= 4 is 17.7 Å². The molecule has 0 aromatic heterocycles. The van der Waals surface area contributed by atoms with Crippen molar-refractivity contribution in [1.29, 1.82) is 0 Å². The smallest absolute Gasteiger partial charge is 0.237 e. The summed E-state index contributed by atoms with van der Waals surface area (Å²) in [6.07, 6.45) is -0.00447. The summed E-state index contributed by atoms with van der Waals surface area (Å²) in [5, 5.41) is 2.45. The van der Waals surface area contributed by atoms with E-state index >= 15 is 0 Å². The summed E-state index contributed by atoms with van der Waals surface area (Å²) in [6.45, 7) is 0.197. The average Bonchev–Trinajstić information content (AvgIpc) is 2.15. The Morgan fingerprint density at radius 1 is 1.31 bits per heavy atom. The number of rotatable bonds is 6. The molecule has 5 N–H and O–H groups in total. The summed E-state index contributed by atoms with van der Waals surface area (Å²) in [4.78, 5) is 34.3. The highest BCUT2D eigenvalue weighted by atomic mass is 16.2. The average molecular weight is 230 g/mol. The molecule has 0 radical (unpaired) electrons. The zero-order chi connectivity index (χ0) is 12.7. The van der Waals surface area contributed by atoms with E-state index in [2.05, 4.69) is 5.32 Å². The van der Waals surface area contributed by atoms with Crippen LogP contribution in [-0.4, -0.2) is 49.3 Å². The number of nitrogens with zero attached hydrogens (tertiary/aromatic N) is 1. The van der Waals surface area contributed by atoms with Crippen molar-refractivity contribution in [3.8, 4) is 0 Å².